The van der Waals surface area contributed by atoms with Crippen LogP contribution in [0, 0.1) is 23.7 Å². The number of hydrogen-bond donors (Lipinski definition) is 4. The van der Waals surface area contributed by atoms with Crippen LogP contribution in [0.2, 0.25) is 0 Å². The molecule has 11 nitrogen and oxygen atoms in total. The van der Waals surface area contributed by atoms with Crippen LogP contribution in [0.25, 0.3) is 33.6 Å². The summed E-state index contributed by atoms with van der Waals surface area (Å²) >= 11 is 0. The summed E-state index contributed by atoms with van der Waals surface area (Å²) in [6.45, 7) is 4.42. The largest absolute Gasteiger partial charge is 0.453 e. The molecule has 2 saturated carbocycles. The SMILES string of the molecule is COC(=O)N[C@H](C(=O)N1CCC[C@H]1c1ncc(-c2ccc(-c3ccc(-c4cnc([C@@H]5[C@H]6CC[C@H](C6)[C@H]5C(N)=O)[nH]4)cc3)cc2)[nH]1)C(C)C. The molecule has 1 aliphatic heterocycles. The number of primary amides is 1. The van der Waals surface area contributed by atoms with Gasteiger partial charge in [0.15, 0.2) is 0 Å². The third-order valence-electron chi connectivity index (χ3n) is 10.7. The van der Waals surface area contributed by atoms with Gasteiger partial charge in [0.2, 0.25) is 11.8 Å². The molecule has 5 N–H and O–H groups in total. The highest BCUT2D eigenvalue weighted by Crippen LogP contribution is 2.56. The Balaban J connectivity index is 1.02. The maximum atomic E-state index is 13.5. The second kappa shape index (κ2) is 12.9. The number of nitrogens with two attached hydrogens (primary N) is 1. The predicted octanol–water partition coefficient (Wildman–Crippen LogP) is 5.79. The van der Waals surface area contributed by atoms with E-state index in [4.69, 9.17) is 15.5 Å². The maximum Gasteiger partial charge on any atom is 0.407 e. The van der Waals surface area contributed by atoms with Gasteiger partial charge in [-0.15, -0.1) is 0 Å². The highest BCUT2D eigenvalue weighted by molar-refractivity contribution is 5.86. The third kappa shape index (κ3) is 5.86. The van der Waals surface area contributed by atoms with Gasteiger partial charge >= 0.3 is 6.09 Å². The molecule has 3 amide bonds. The number of fused-ring (bicyclic) bond motifs is 2. The van der Waals surface area contributed by atoms with Crippen molar-refractivity contribution >= 4 is 17.9 Å². The second-order valence-corrected chi connectivity index (χ2v) is 13.9. The molecule has 48 heavy (non-hydrogen) atoms. The van der Waals surface area contributed by atoms with Gasteiger partial charge in [-0.05, 0) is 72.1 Å². The minimum absolute atomic E-state index is 0.0888. The monoisotopic (exact) mass is 649 g/mol. The molecule has 0 spiro atoms. The van der Waals surface area contributed by atoms with E-state index in [0.29, 0.717) is 18.4 Å². The number of carbonyl (C=O) groups excluding carboxylic acids is 3. The van der Waals surface area contributed by atoms with Gasteiger partial charge in [0, 0.05) is 12.5 Å². The van der Waals surface area contributed by atoms with Crippen LogP contribution in [0.4, 0.5) is 4.79 Å². The van der Waals surface area contributed by atoms with Crippen LogP contribution in [-0.2, 0) is 14.3 Å². The van der Waals surface area contributed by atoms with Crippen LogP contribution < -0.4 is 11.1 Å². The van der Waals surface area contributed by atoms with E-state index in [1.54, 1.807) is 0 Å². The van der Waals surface area contributed by atoms with Gasteiger partial charge in [0.1, 0.15) is 17.7 Å². The first-order valence-electron chi connectivity index (χ1n) is 17.0. The van der Waals surface area contributed by atoms with E-state index >= 15 is 0 Å². The molecule has 11 heteroatoms. The number of likely N-dealkylation sites (tertiary alicyclic amines) is 1. The number of aromatic amines is 2. The topological polar surface area (TPSA) is 159 Å². The lowest BCUT2D eigenvalue weighted by atomic mass is 9.78. The first kappa shape index (κ1) is 31.7. The highest BCUT2D eigenvalue weighted by Gasteiger charge is 2.51. The minimum Gasteiger partial charge on any atom is -0.453 e. The average molecular weight is 650 g/mol. The predicted molar refractivity (Wildman–Crippen MR) is 181 cm³/mol. The van der Waals surface area contributed by atoms with Crippen LogP contribution in [0.5, 0.6) is 0 Å². The van der Waals surface area contributed by atoms with Gasteiger partial charge < -0.3 is 30.7 Å². The van der Waals surface area contributed by atoms with Gasteiger partial charge in [0.25, 0.3) is 0 Å². The standard InChI is InChI=1S/C37H43N7O4/c1-20(2)32(43-37(47)48-3)36(46)44-16-4-5-29(44)34-39-18-27(41-34)23-10-6-21(7-11-23)22-8-12-24(13-9-22)28-19-40-35(42-28)31-26-15-14-25(17-26)30(31)33(38)45/h6-13,18-20,25-26,29-32H,4-5,14-17H2,1-3H3,(H2,38,45)(H,39,41)(H,40,42)(H,43,47)/t25-,26+,29+,30-,31-,32+/m1/s1. The zero-order valence-electron chi connectivity index (χ0n) is 27.6. The molecular weight excluding hydrogens is 606 g/mol. The fourth-order valence-corrected chi connectivity index (χ4v) is 8.28. The molecule has 0 unspecified atom stereocenters. The maximum absolute atomic E-state index is 13.5. The van der Waals surface area contributed by atoms with E-state index < -0.39 is 12.1 Å². The van der Waals surface area contributed by atoms with Crippen molar-refractivity contribution in [2.45, 2.75) is 64.0 Å². The fraction of sp³-hybridized carbons (Fsp3) is 0.432. The lowest BCUT2D eigenvalue weighted by Gasteiger charge is -2.30. The fourth-order valence-electron chi connectivity index (χ4n) is 8.28. The minimum atomic E-state index is -0.672. The number of hydrogen-bond acceptors (Lipinski definition) is 6. The molecule has 7 rings (SSSR count). The molecular formula is C37H43N7O4. The number of nitrogens with zero attached hydrogens (tertiary/aromatic N) is 3. The summed E-state index contributed by atoms with van der Waals surface area (Å²) in [4.78, 5) is 55.8. The Hall–Kier alpha value is -4.93. The Labute approximate surface area is 280 Å². The van der Waals surface area contributed by atoms with Crippen LogP contribution in [0.1, 0.15) is 69.6 Å². The number of ether oxygens (including phenoxy) is 1. The Morgan fingerprint density at radius 1 is 0.854 bits per heavy atom. The van der Waals surface area contributed by atoms with E-state index in [1.165, 1.54) is 7.11 Å². The highest BCUT2D eigenvalue weighted by atomic mass is 16.5. The lowest BCUT2D eigenvalue weighted by Crippen LogP contribution is -2.51. The van der Waals surface area contributed by atoms with Crippen molar-refractivity contribution in [3.05, 3.63) is 72.6 Å². The van der Waals surface area contributed by atoms with E-state index in [2.05, 4.69) is 68.8 Å². The Kier molecular flexibility index (Phi) is 8.53. The van der Waals surface area contributed by atoms with Crippen LogP contribution in [-0.4, -0.2) is 62.4 Å². The zero-order valence-corrected chi connectivity index (χ0v) is 27.6. The summed E-state index contributed by atoms with van der Waals surface area (Å²) < 4.78 is 4.75. The molecule has 3 aliphatic rings. The second-order valence-electron chi connectivity index (χ2n) is 13.9. The van der Waals surface area contributed by atoms with Crippen LogP contribution >= 0.6 is 0 Å². The number of amides is 3. The molecule has 4 aromatic rings. The average Bonchev–Trinajstić information content (AvgIpc) is 3.94. The van der Waals surface area contributed by atoms with Crippen molar-refractivity contribution in [1.82, 2.24) is 30.2 Å². The number of H-pyrrole nitrogens is 2. The van der Waals surface area contributed by atoms with Gasteiger partial charge in [-0.3, -0.25) is 9.59 Å². The first-order chi connectivity index (χ1) is 23.2. The van der Waals surface area contributed by atoms with E-state index in [-0.39, 0.29) is 35.6 Å². The molecule has 3 heterocycles. The normalized spacial score (nSPS) is 23.8. The molecule has 2 aromatic heterocycles. The van der Waals surface area contributed by atoms with Crippen molar-refractivity contribution in [3.8, 4) is 33.6 Å². The number of alkyl carbamates (subject to hydrolysis) is 1. The quantitative estimate of drug-likeness (QED) is 0.180. The smallest absolute Gasteiger partial charge is 0.407 e. The van der Waals surface area contributed by atoms with Crippen LogP contribution in [0.15, 0.2) is 60.9 Å². The zero-order chi connectivity index (χ0) is 33.5. The van der Waals surface area contributed by atoms with Gasteiger partial charge in [-0.1, -0.05) is 62.4 Å². The summed E-state index contributed by atoms with van der Waals surface area (Å²) in [6, 6.07) is 15.9. The number of nitrogens with one attached hydrogen (secondary N) is 3. The first-order valence-corrected chi connectivity index (χ1v) is 17.0. The summed E-state index contributed by atoms with van der Waals surface area (Å²) in [7, 11) is 1.29. The van der Waals surface area contributed by atoms with Crippen molar-refractivity contribution in [2.75, 3.05) is 13.7 Å². The van der Waals surface area contributed by atoms with E-state index in [1.807, 2.05) is 31.1 Å². The summed E-state index contributed by atoms with van der Waals surface area (Å²) in [5.74, 6) is 2.03. The number of aromatic nitrogens is 4. The lowest BCUT2D eigenvalue weighted by molar-refractivity contribution is -0.135. The van der Waals surface area contributed by atoms with Crippen molar-refractivity contribution < 1.29 is 19.1 Å². The van der Waals surface area contributed by atoms with E-state index in [9.17, 15) is 14.4 Å². The number of methoxy groups -OCH3 is 1. The van der Waals surface area contributed by atoms with Gasteiger partial charge in [-0.2, -0.15) is 0 Å². The summed E-state index contributed by atoms with van der Waals surface area (Å²) in [5.41, 5.74) is 11.8. The molecule has 2 aliphatic carbocycles. The summed E-state index contributed by atoms with van der Waals surface area (Å²) in [6.07, 6.45) is 8.02. The molecule has 3 fully saturated rings. The van der Waals surface area contributed by atoms with Gasteiger partial charge in [-0.25, -0.2) is 14.8 Å². The molecule has 0 radical (unpaired) electrons. The summed E-state index contributed by atoms with van der Waals surface area (Å²) in [5, 5.41) is 2.70. The van der Waals surface area contributed by atoms with E-state index in [0.717, 1.165) is 77.4 Å². The number of rotatable bonds is 9. The number of carbonyl (C=O) groups is 3. The molecule has 1 saturated heterocycles. The van der Waals surface area contributed by atoms with Crippen molar-refractivity contribution in [3.63, 3.8) is 0 Å². The molecule has 250 valence electrons. The van der Waals surface area contributed by atoms with Crippen molar-refractivity contribution in [1.29, 1.82) is 0 Å². The van der Waals surface area contributed by atoms with Crippen molar-refractivity contribution in [2.24, 2.45) is 29.4 Å². The van der Waals surface area contributed by atoms with Crippen LogP contribution in [0.3, 0.4) is 0 Å². The molecule has 2 aromatic carbocycles. The molecule has 6 atom stereocenters. The Morgan fingerprint density at radius 3 is 2.00 bits per heavy atom. The number of benzene rings is 2. The number of imidazole rings is 2. The van der Waals surface area contributed by atoms with Gasteiger partial charge in [0.05, 0.1) is 42.9 Å². The Bertz CT molecular complexity index is 1790. The Morgan fingerprint density at radius 2 is 1.42 bits per heavy atom. The molecule has 2 bridgehead atoms. The third-order valence-corrected chi connectivity index (χ3v) is 10.7.